The molecule has 0 aliphatic carbocycles. The second-order valence-corrected chi connectivity index (χ2v) is 7.18. The smallest absolute Gasteiger partial charge is 0.312 e. The van der Waals surface area contributed by atoms with E-state index < -0.39 is 21.3 Å². The average molecular weight is 333 g/mol. The molecule has 8 heteroatoms. The highest BCUT2D eigenvalue weighted by Crippen LogP contribution is 2.39. The van der Waals surface area contributed by atoms with Gasteiger partial charge in [-0.25, -0.2) is 0 Å². The fraction of sp³-hybridized carbons (Fsp3) is 0.267. The molecule has 1 unspecified atom stereocenters. The first kappa shape index (κ1) is 15.6. The largest absolute Gasteiger partial charge is 0.345 e. The van der Waals surface area contributed by atoms with Crippen molar-refractivity contribution in [1.82, 2.24) is 4.57 Å². The zero-order chi connectivity index (χ0) is 16.8. The molecule has 0 radical (unpaired) electrons. The fourth-order valence-electron chi connectivity index (χ4n) is 2.63. The van der Waals surface area contributed by atoms with Crippen LogP contribution in [-0.4, -0.2) is 23.1 Å². The Morgan fingerprint density at radius 3 is 2.78 bits per heavy atom. The molecule has 120 valence electrons. The molecule has 0 saturated carbocycles. The van der Waals surface area contributed by atoms with E-state index in [0.717, 1.165) is 11.3 Å². The highest BCUT2D eigenvalue weighted by Gasteiger charge is 2.39. The number of hydrogen-bond acceptors (Lipinski definition) is 5. The molecule has 1 aromatic carbocycles. The van der Waals surface area contributed by atoms with E-state index in [4.69, 9.17) is 10.00 Å². The maximum Gasteiger partial charge on any atom is 0.312 e. The monoisotopic (exact) mass is 333 g/mol. The van der Waals surface area contributed by atoms with Crippen molar-refractivity contribution in [2.75, 3.05) is 5.32 Å². The lowest BCUT2D eigenvalue weighted by Crippen LogP contribution is -2.43. The predicted molar refractivity (Wildman–Crippen MR) is 83.6 cm³/mol. The Morgan fingerprint density at radius 1 is 1.39 bits per heavy atom. The molecule has 0 bridgehead atoms. The van der Waals surface area contributed by atoms with Crippen LogP contribution in [0.25, 0.3) is 5.69 Å². The molecular formula is C15H15N3O4S. The molecular weight excluding hydrogens is 318 g/mol. The molecule has 2 aromatic rings. The van der Waals surface area contributed by atoms with E-state index in [-0.39, 0.29) is 0 Å². The normalized spacial score (nSPS) is 19.5. The lowest BCUT2D eigenvalue weighted by molar-refractivity contribution is -0.0406. The maximum absolute atomic E-state index is 11.3. The lowest BCUT2D eigenvalue weighted by Gasteiger charge is -2.37. The van der Waals surface area contributed by atoms with Crippen molar-refractivity contribution < 1.29 is 17.7 Å². The van der Waals surface area contributed by atoms with Crippen LogP contribution in [0.5, 0.6) is 0 Å². The molecule has 3 rings (SSSR count). The maximum atomic E-state index is 11.3. The Balaban J connectivity index is 2.10. The minimum Gasteiger partial charge on any atom is -0.345 e. The van der Waals surface area contributed by atoms with Crippen LogP contribution in [0.1, 0.15) is 25.1 Å². The summed E-state index contributed by atoms with van der Waals surface area (Å²) in [5, 5.41) is 11.8. The van der Waals surface area contributed by atoms with Crippen LogP contribution in [0.15, 0.2) is 36.5 Å². The van der Waals surface area contributed by atoms with Gasteiger partial charge in [0.25, 0.3) is 5.56 Å². The highest BCUT2D eigenvalue weighted by atomic mass is 32.2. The minimum atomic E-state index is -4.39. The molecule has 1 aliphatic rings. The lowest BCUT2D eigenvalue weighted by atomic mass is 9.94. The fourth-order valence-corrected chi connectivity index (χ4v) is 3.26. The summed E-state index contributed by atoms with van der Waals surface area (Å²) in [4.78, 5) is 0. The first-order chi connectivity index (χ1) is 10.7. The standard InChI is InChI=1S/C15H15N3O4S/c1-15(2)12-8-10(18-7-3-4-11(18)9-16)5-6-13(12)17-14(22-15)23(19,20)21/h3-8,14,17H,1-2H3,(H,19,20,21). The number of benzene rings is 1. The van der Waals surface area contributed by atoms with Crippen LogP contribution in [-0.2, 0) is 20.5 Å². The van der Waals surface area contributed by atoms with Crippen LogP contribution >= 0.6 is 0 Å². The predicted octanol–water partition coefficient (Wildman–Crippen LogP) is 2.20. The highest BCUT2D eigenvalue weighted by molar-refractivity contribution is 7.86. The molecule has 1 aliphatic heterocycles. The Labute approximate surface area is 133 Å². The zero-order valence-electron chi connectivity index (χ0n) is 12.5. The number of nitriles is 1. The second-order valence-electron chi connectivity index (χ2n) is 5.72. The number of fused-ring (bicyclic) bond motifs is 1. The number of anilines is 1. The summed E-state index contributed by atoms with van der Waals surface area (Å²) in [6.07, 6.45) is 1.77. The topological polar surface area (TPSA) is 104 Å². The summed E-state index contributed by atoms with van der Waals surface area (Å²) in [6.45, 7) is 3.44. The van der Waals surface area contributed by atoms with Crippen LogP contribution < -0.4 is 5.32 Å². The summed E-state index contributed by atoms with van der Waals surface area (Å²) >= 11 is 0. The Hall–Kier alpha value is -2.34. The van der Waals surface area contributed by atoms with Gasteiger partial charge in [-0.3, -0.25) is 4.55 Å². The SMILES string of the molecule is CC1(C)OC(S(=O)(=O)O)Nc2ccc(-n3cccc3C#N)cc21. The van der Waals surface area contributed by atoms with Gasteiger partial charge in [0.2, 0.25) is 0 Å². The Kier molecular flexibility index (Phi) is 3.44. The van der Waals surface area contributed by atoms with Gasteiger partial charge in [0.1, 0.15) is 11.8 Å². The van der Waals surface area contributed by atoms with Gasteiger partial charge in [-0.05, 0) is 44.2 Å². The quantitative estimate of drug-likeness (QED) is 0.816. The Bertz CT molecular complexity index is 909. The Morgan fingerprint density at radius 2 is 2.13 bits per heavy atom. The van der Waals surface area contributed by atoms with Crippen molar-refractivity contribution in [3.05, 3.63) is 47.8 Å². The third-order valence-corrected chi connectivity index (χ3v) is 4.49. The van der Waals surface area contributed by atoms with Crippen LogP contribution in [0.4, 0.5) is 5.69 Å². The van der Waals surface area contributed by atoms with E-state index in [1.54, 1.807) is 48.9 Å². The van der Waals surface area contributed by atoms with E-state index >= 15 is 0 Å². The van der Waals surface area contributed by atoms with Crippen LogP contribution in [0.2, 0.25) is 0 Å². The van der Waals surface area contributed by atoms with Gasteiger partial charge in [0.05, 0.1) is 5.60 Å². The van der Waals surface area contributed by atoms with E-state index in [1.807, 2.05) is 6.07 Å². The van der Waals surface area contributed by atoms with Crippen molar-refractivity contribution >= 4 is 15.8 Å². The zero-order valence-corrected chi connectivity index (χ0v) is 13.3. The summed E-state index contributed by atoms with van der Waals surface area (Å²) in [5.41, 5.74) is 0.0806. The van der Waals surface area contributed by atoms with Crippen LogP contribution in [0.3, 0.4) is 0 Å². The number of rotatable bonds is 2. The molecule has 0 fully saturated rings. The van der Waals surface area contributed by atoms with Crippen molar-refractivity contribution in [3.8, 4) is 11.8 Å². The summed E-state index contributed by atoms with van der Waals surface area (Å²) in [5.74, 6) is 0. The van der Waals surface area contributed by atoms with Crippen molar-refractivity contribution in [1.29, 1.82) is 5.26 Å². The summed E-state index contributed by atoms with van der Waals surface area (Å²) in [7, 11) is -4.39. The first-order valence-electron chi connectivity index (χ1n) is 6.85. The molecule has 0 spiro atoms. The van der Waals surface area contributed by atoms with Gasteiger partial charge in [0.15, 0.2) is 0 Å². The molecule has 0 amide bonds. The summed E-state index contributed by atoms with van der Waals surface area (Å²) in [6, 6.07) is 10.9. The number of nitrogens with zero attached hydrogens (tertiary/aromatic N) is 2. The van der Waals surface area contributed by atoms with E-state index in [9.17, 15) is 13.0 Å². The molecule has 0 saturated heterocycles. The van der Waals surface area contributed by atoms with Crippen LogP contribution in [0, 0.1) is 11.3 Å². The molecule has 1 atom stereocenters. The number of nitrogens with one attached hydrogen (secondary N) is 1. The molecule has 7 nitrogen and oxygen atoms in total. The summed E-state index contributed by atoms with van der Waals surface area (Å²) < 4.78 is 39.1. The third kappa shape index (κ3) is 2.70. The van der Waals surface area contributed by atoms with E-state index in [2.05, 4.69) is 11.4 Å². The van der Waals surface area contributed by atoms with Gasteiger partial charge in [-0.1, -0.05) is 0 Å². The first-order valence-corrected chi connectivity index (χ1v) is 8.36. The van der Waals surface area contributed by atoms with Gasteiger partial charge in [0, 0.05) is 23.1 Å². The van der Waals surface area contributed by atoms with Crippen molar-refractivity contribution in [3.63, 3.8) is 0 Å². The number of hydrogen-bond donors (Lipinski definition) is 2. The molecule has 1 aromatic heterocycles. The molecule has 2 N–H and O–H groups in total. The van der Waals surface area contributed by atoms with Gasteiger partial charge >= 0.3 is 10.1 Å². The van der Waals surface area contributed by atoms with Crippen molar-refractivity contribution in [2.24, 2.45) is 0 Å². The molecule has 2 heterocycles. The third-order valence-electron chi connectivity index (χ3n) is 3.74. The van der Waals surface area contributed by atoms with Gasteiger partial charge in [-0.2, -0.15) is 13.7 Å². The van der Waals surface area contributed by atoms with Gasteiger partial charge in [-0.15, -0.1) is 0 Å². The number of aromatic nitrogens is 1. The van der Waals surface area contributed by atoms with E-state index in [1.165, 1.54) is 0 Å². The average Bonchev–Trinajstić information content (AvgIpc) is 2.93. The minimum absolute atomic E-state index is 0.489. The van der Waals surface area contributed by atoms with E-state index in [0.29, 0.717) is 11.4 Å². The van der Waals surface area contributed by atoms with Crippen molar-refractivity contribution in [2.45, 2.75) is 25.0 Å². The second kappa shape index (κ2) is 5.09. The molecule has 23 heavy (non-hydrogen) atoms. The van der Waals surface area contributed by atoms with Gasteiger partial charge < -0.3 is 14.6 Å². The number of ether oxygens (including phenoxy) is 1.